The fraction of sp³-hybridized carbons (Fsp3) is 1.00. The zero-order valence-corrected chi connectivity index (χ0v) is 6.17. The summed E-state index contributed by atoms with van der Waals surface area (Å²) in [5.41, 5.74) is 0. The molecule has 0 amide bonds. The molecule has 9 heavy (non-hydrogen) atoms. The number of piperidine rings is 1. The zero-order valence-electron chi connectivity index (χ0n) is 6.17. The van der Waals surface area contributed by atoms with Crippen molar-refractivity contribution in [3.05, 3.63) is 0 Å². The second-order valence-corrected chi connectivity index (χ2v) is 3.01. The van der Waals surface area contributed by atoms with E-state index in [9.17, 15) is 5.11 Å². The Labute approximate surface area is 56.5 Å². The Hall–Kier alpha value is -0.0800. The largest absolute Gasteiger partial charge is 0.393 e. The molecular weight excluding hydrogens is 114 g/mol. The van der Waals surface area contributed by atoms with E-state index in [-0.39, 0.29) is 6.10 Å². The van der Waals surface area contributed by atoms with Crippen LogP contribution in [0, 0.1) is 0 Å². The van der Waals surface area contributed by atoms with E-state index in [1.165, 1.54) is 0 Å². The molecule has 1 unspecified atom stereocenters. The molecule has 1 saturated heterocycles. The van der Waals surface area contributed by atoms with Crippen molar-refractivity contribution >= 4 is 0 Å². The van der Waals surface area contributed by atoms with E-state index < -0.39 is 0 Å². The van der Waals surface area contributed by atoms with Gasteiger partial charge in [0.2, 0.25) is 0 Å². The van der Waals surface area contributed by atoms with E-state index in [0.29, 0.717) is 6.04 Å². The predicted octanol–water partition coefficient (Wildman–Crippen LogP) is 0.461. The number of rotatable bonds is 0. The van der Waals surface area contributed by atoms with Gasteiger partial charge in [-0.1, -0.05) is 0 Å². The van der Waals surface area contributed by atoms with Crippen LogP contribution in [0.5, 0.6) is 0 Å². The number of aliphatic hydroxyl groups excluding tert-OH is 1. The van der Waals surface area contributed by atoms with Gasteiger partial charge in [-0.05, 0) is 26.8 Å². The summed E-state index contributed by atoms with van der Waals surface area (Å²) in [6, 6.07) is 0.564. The van der Waals surface area contributed by atoms with Crippen molar-refractivity contribution in [1.29, 1.82) is 0 Å². The number of aliphatic hydroxyl groups is 1. The standard InChI is InChI=1S/C7H15NO/c1-6-5-7(9)3-4-8(6)2/h6-7,9H,3-5H2,1-2H3/t6?,7-/m0/s1. The molecule has 1 rings (SSSR count). The highest BCUT2D eigenvalue weighted by molar-refractivity contribution is 4.75. The SMILES string of the molecule is CC1C[C@@H](O)CCN1C. The van der Waals surface area contributed by atoms with Crippen LogP contribution in [-0.4, -0.2) is 35.7 Å². The maximum absolute atomic E-state index is 9.17. The molecule has 1 heterocycles. The Kier molecular flexibility index (Phi) is 2.09. The van der Waals surface area contributed by atoms with Crippen molar-refractivity contribution in [3.63, 3.8) is 0 Å². The first-order valence-corrected chi connectivity index (χ1v) is 3.58. The molecule has 2 heteroatoms. The Morgan fingerprint density at radius 1 is 1.56 bits per heavy atom. The summed E-state index contributed by atoms with van der Waals surface area (Å²) in [6.45, 7) is 3.20. The minimum atomic E-state index is -0.0452. The second-order valence-electron chi connectivity index (χ2n) is 3.01. The van der Waals surface area contributed by atoms with Gasteiger partial charge in [-0.2, -0.15) is 0 Å². The van der Waals surface area contributed by atoms with Crippen LogP contribution in [0.25, 0.3) is 0 Å². The molecule has 1 aliphatic rings. The number of hydrogen-bond donors (Lipinski definition) is 1. The number of likely N-dealkylation sites (tertiary alicyclic amines) is 1. The molecule has 2 nitrogen and oxygen atoms in total. The van der Waals surface area contributed by atoms with Gasteiger partial charge in [0.25, 0.3) is 0 Å². The topological polar surface area (TPSA) is 23.5 Å². The summed E-state index contributed by atoms with van der Waals surface area (Å²) in [4.78, 5) is 2.28. The van der Waals surface area contributed by atoms with Crippen molar-refractivity contribution in [2.24, 2.45) is 0 Å². The molecule has 2 atom stereocenters. The number of nitrogens with zero attached hydrogens (tertiary/aromatic N) is 1. The van der Waals surface area contributed by atoms with Crippen LogP contribution in [0.15, 0.2) is 0 Å². The molecule has 0 bridgehead atoms. The molecule has 1 fully saturated rings. The molecule has 54 valence electrons. The van der Waals surface area contributed by atoms with Gasteiger partial charge in [0.15, 0.2) is 0 Å². The first kappa shape index (κ1) is 7.03. The Morgan fingerprint density at radius 3 is 2.67 bits per heavy atom. The summed E-state index contributed by atoms with van der Waals surface area (Å²) in [5.74, 6) is 0. The molecule has 0 aromatic carbocycles. The predicted molar refractivity (Wildman–Crippen MR) is 37.3 cm³/mol. The molecule has 1 aliphatic heterocycles. The van der Waals surface area contributed by atoms with E-state index in [1.807, 2.05) is 0 Å². The van der Waals surface area contributed by atoms with Crippen molar-refractivity contribution in [2.75, 3.05) is 13.6 Å². The van der Waals surface area contributed by atoms with Crippen molar-refractivity contribution in [3.8, 4) is 0 Å². The van der Waals surface area contributed by atoms with Crippen LogP contribution in [0.4, 0.5) is 0 Å². The highest BCUT2D eigenvalue weighted by Gasteiger charge is 2.19. The molecule has 0 aromatic rings. The lowest BCUT2D eigenvalue weighted by Crippen LogP contribution is -2.39. The number of hydrogen-bond acceptors (Lipinski definition) is 2. The fourth-order valence-electron chi connectivity index (χ4n) is 1.26. The molecule has 0 aromatic heterocycles. The maximum Gasteiger partial charge on any atom is 0.0567 e. The summed E-state index contributed by atoms with van der Waals surface area (Å²) in [5, 5.41) is 9.17. The van der Waals surface area contributed by atoms with Crippen molar-refractivity contribution in [2.45, 2.75) is 31.9 Å². The quantitative estimate of drug-likeness (QED) is 0.513. The van der Waals surface area contributed by atoms with Gasteiger partial charge >= 0.3 is 0 Å². The monoisotopic (exact) mass is 129 g/mol. The van der Waals surface area contributed by atoms with Crippen LogP contribution in [-0.2, 0) is 0 Å². The van der Waals surface area contributed by atoms with E-state index >= 15 is 0 Å². The minimum absolute atomic E-state index is 0.0452. The normalized spacial score (nSPS) is 39.0. The first-order valence-electron chi connectivity index (χ1n) is 3.58. The molecule has 0 saturated carbocycles. The third-order valence-corrected chi connectivity index (χ3v) is 2.18. The summed E-state index contributed by atoms with van der Waals surface area (Å²) >= 11 is 0. The van der Waals surface area contributed by atoms with E-state index in [1.54, 1.807) is 0 Å². The second kappa shape index (κ2) is 2.67. The summed E-state index contributed by atoms with van der Waals surface area (Å²) in [6.07, 6.45) is 1.84. The molecule has 0 aliphatic carbocycles. The highest BCUT2D eigenvalue weighted by Crippen LogP contribution is 2.14. The third-order valence-electron chi connectivity index (χ3n) is 2.18. The van der Waals surface area contributed by atoms with Gasteiger partial charge < -0.3 is 10.0 Å². The third kappa shape index (κ3) is 1.66. The Bertz CT molecular complexity index is 94.9. The lowest BCUT2D eigenvalue weighted by molar-refractivity contribution is 0.0624. The van der Waals surface area contributed by atoms with Gasteiger partial charge in [0, 0.05) is 12.6 Å². The smallest absolute Gasteiger partial charge is 0.0567 e. The van der Waals surface area contributed by atoms with E-state index in [2.05, 4.69) is 18.9 Å². The van der Waals surface area contributed by atoms with Gasteiger partial charge in [0.05, 0.1) is 6.10 Å². The summed E-state index contributed by atoms with van der Waals surface area (Å²) in [7, 11) is 2.11. The summed E-state index contributed by atoms with van der Waals surface area (Å²) < 4.78 is 0. The van der Waals surface area contributed by atoms with Crippen LogP contribution in [0.2, 0.25) is 0 Å². The van der Waals surface area contributed by atoms with Crippen molar-refractivity contribution < 1.29 is 5.11 Å². The molecule has 0 spiro atoms. The average molecular weight is 129 g/mol. The van der Waals surface area contributed by atoms with Crippen LogP contribution < -0.4 is 0 Å². The maximum atomic E-state index is 9.17. The molecule has 0 radical (unpaired) electrons. The van der Waals surface area contributed by atoms with Crippen molar-refractivity contribution in [1.82, 2.24) is 4.90 Å². The van der Waals surface area contributed by atoms with Crippen LogP contribution >= 0.6 is 0 Å². The Balaban J connectivity index is 2.35. The Morgan fingerprint density at radius 2 is 2.22 bits per heavy atom. The molecule has 1 N–H and O–H groups in total. The van der Waals surface area contributed by atoms with E-state index in [0.717, 1.165) is 19.4 Å². The van der Waals surface area contributed by atoms with Crippen LogP contribution in [0.3, 0.4) is 0 Å². The first-order chi connectivity index (χ1) is 4.20. The average Bonchev–Trinajstić information content (AvgIpc) is 1.80. The van der Waals surface area contributed by atoms with Gasteiger partial charge in [0.1, 0.15) is 0 Å². The fourth-order valence-corrected chi connectivity index (χ4v) is 1.26. The lowest BCUT2D eigenvalue weighted by atomic mass is 10.0. The minimum Gasteiger partial charge on any atom is -0.393 e. The van der Waals surface area contributed by atoms with E-state index in [4.69, 9.17) is 0 Å². The van der Waals surface area contributed by atoms with Crippen LogP contribution in [0.1, 0.15) is 19.8 Å². The van der Waals surface area contributed by atoms with Gasteiger partial charge in [-0.15, -0.1) is 0 Å². The van der Waals surface area contributed by atoms with Gasteiger partial charge in [-0.25, -0.2) is 0 Å². The van der Waals surface area contributed by atoms with Gasteiger partial charge in [-0.3, -0.25) is 0 Å². The lowest BCUT2D eigenvalue weighted by Gasteiger charge is -2.32. The highest BCUT2D eigenvalue weighted by atomic mass is 16.3. The zero-order chi connectivity index (χ0) is 6.85. The molecular formula is C7H15NO.